The molecule has 1 N–H and O–H groups in total. The third-order valence-corrected chi connectivity index (χ3v) is 5.83. The number of nitriles is 1. The van der Waals surface area contributed by atoms with E-state index in [-0.39, 0.29) is 27.6 Å². The van der Waals surface area contributed by atoms with Gasteiger partial charge in [0.05, 0.1) is 10.5 Å². The van der Waals surface area contributed by atoms with E-state index in [1.807, 2.05) is 0 Å². The number of pyridine rings is 1. The first-order valence-corrected chi connectivity index (χ1v) is 9.23. The van der Waals surface area contributed by atoms with Crippen molar-refractivity contribution in [2.75, 3.05) is 6.54 Å². The fourth-order valence-corrected chi connectivity index (χ4v) is 4.23. The summed E-state index contributed by atoms with van der Waals surface area (Å²) in [4.78, 5) is 3.43. The third kappa shape index (κ3) is 4.15. The lowest BCUT2D eigenvalue weighted by Crippen LogP contribution is -2.41. The van der Waals surface area contributed by atoms with E-state index < -0.39 is 22.1 Å². The second kappa shape index (κ2) is 7.61. The highest BCUT2D eigenvalue weighted by molar-refractivity contribution is 7.90. The largest absolute Gasteiger partial charge is 0.409 e. The first-order valence-electron chi connectivity index (χ1n) is 7.34. The maximum absolute atomic E-state index is 13.8. The topological polar surface area (TPSA) is 80.8 Å². The summed E-state index contributed by atoms with van der Waals surface area (Å²) in [7, 11) is -4.06. The van der Waals surface area contributed by atoms with Crippen LogP contribution in [-0.2, 0) is 9.92 Å². The van der Waals surface area contributed by atoms with Gasteiger partial charge in [-0.25, -0.2) is 8.99 Å². The Morgan fingerprint density at radius 3 is 2.46 bits per heavy atom. The Kier molecular flexibility index (Phi) is 5.91. The summed E-state index contributed by atoms with van der Waals surface area (Å²) < 4.78 is 63.1. The molecule has 0 amide bonds. The zero-order valence-corrected chi connectivity index (χ0v) is 15.1. The van der Waals surface area contributed by atoms with Gasteiger partial charge in [-0.3, -0.25) is 4.98 Å². The number of benzene rings is 1. The first-order chi connectivity index (χ1) is 12.1. The zero-order valence-electron chi connectivity index (χ0n) is 13.5. The Hall–Kier alpha value is -2.15. The van der Waals surface area contributed by atoms with Crippen LogP contribution in [0.2, 0.25) is 5.02 Å². The molecule has 0 spiro atoms. The second-order valence-electron chi connectivity index (χ2n) is 5.28. The predicted octanol–water partition coefficient (Wildman–Crippen LogP) is 4.55. The minimum absolute atomic E-state index is 0.00794. The summed E-state index contributed by atoms with van der Waals surface area (Å²) in [6, 6.07) is 5.56. The molecule has 1 aromatic heterocycles. The molecule has 26 heavy (non-hydrogen) atoms. The Balaban J connectivity index is 2.60. The van der Waals surface area contributed by atoms with Gasteiger partial charge < -0.3 is 0 Å². The lowest BCUT2D eigenvalue weighted by Gasteiger charge is -2.33. The second-order valence-corrected chi connectivity index (χ2v) is 7.70. The highest BCUT2D eigenvalue weighted by Crippen LogP contribution is 2.40. The molecule has 1 aromatic carbocycles. The number of nitrogens with one attached hydrogen (secondary N) is 1. The molecule has 5 nitrogen and oxygen atoms in total. The van der Waals surface area contributed by atoms with Gasteiger partial charge in [-0.1, -0.05) is 30.7 Å². The van der Waals surface area contributed by atoms with Crippen molar-refractivity contribution in [3.8, 4) is 6.07 Å². The maximum Gasteiger partial charge on any atom is 0.409 e. The standard InChI is InChI=1S/C16H14ClF3N4OS/c1-2-24(26(22,25)14-7-11(8-21)9-23-10-14)15(16(18,19)20)12-3-5-13(17)6-4-12/h3-7,9-10,15,22H,2H2,1H3/t15-,26?/m1/s1. The normalized spacial score (nSPS) is 15.3. The third-order valence-electron chi connectivity index (χ3n) is 3.59. The van der Waals surface area contributed by atoms with Gasteiger partial charge in [-0.05, 0) is 23.8 Å². The van der Waals surface area contributed by atoms with Crippen LogP contribution in [0.3, 0.4) is 0 Å². The highest BCUT2D eigenvalue weighted by Gasteiger charge is 2.47. The van der Waals surface area contributed by atoms with Crippen LogP contribution in [0.5, 0.6) is 0 Å². The van der Waals surface area contributed by atoms with Crippen molar-refractivity contribution < 1.29 is 17.4 Å². The minimum Gasteiger partial charge on any atom is -0.262 e. The van der Waals surface area contributed by atoms with Crippen molar-refractivity contribution in [3.63, 3.8) is 0 Å². The number of alkyl halides is 3. The van der Waals surface area contributed by atoms with Crippen LogP contribution in [0.15, 0.2) is 47.6 Å². The maximum atomic E-state index is 13.8. The number of rotatable bonds is 5. The van der Waals surface area contributed by atoms with E-state index in [1.54, 1.807) is 6.07 Å². The van der Waals surface area contributed by atoms with Crippen LogP contribution in [0, 0.1) is 16.1 Å². The molecule has 1 heterocycles. The van der Waals surface area contributed by atoms with E-state index in [0.29, 0.717) is 4.31 Å². The molecule has 0 radical (unpaired) electrons. The zero-order chi connectivity index (χ0) is 19.5. The summed E-state index contributed by atoms with van der Waals surface area (Å²) in [6.45, 7) is 1.07. The fraction of sp³-hybridized carbons (Fsp3) is 0.250. The molecule has 0 aliphatic carbocycles. The fourth-order valence-electron chi connectivity index (χ4n) is 2.44. The predicted molar refractivity (Wildman–Crippen MR) is 90.7 cm³/mol. The van der Waals surface area contributed by atoms with Gasteiger partial charge in [-0.2, -0.15) is 22.7 Å². The van der Waals surface area contributed by atoms with Crippen LogP contribution in [0.4, 0.5) is 13.2 Å². The molecular formula is C16H14ClF3N4OS. The van der Waals surface area contributed by atoms with Crippen LogP contribution >= 0.6 is 11.6 Å². The summed E-state index contributed by atoms with van der Waals surface area (Å²) in [5.41, 5.74) is -0.179. The molecule has 0 fully saturated rings. The molecule has 138 valence electrons. The quantitative estimate of drug-likeness (QED) is 0.796. The molecule has 2 aromatic rings. The van der Waals surface area contributed by atoms with Crippen molar-refractivity contribution in [2.45, 2.75) is 24.0 Å². The summed E-state index contributed by atoms with van der Waals surface area (Å²) >= 11 is 5.74. The number of aromatic nitrogens is 1. The highest BCUT2D eigenvalue weighted by atomic mass is 35.5. The number of nitrogens with zero attached hydrogens (tertiary/aromatic N) is 3. The number of hydrogen-bond acceptors (Lipinski definition) is 4. The van der Waals surface area contributed by atoms with E-state index in [1.165, 1.54) is 37.4 Å². The average molecular weight is 403 g/mol. The summed E-state index contributed by atoms with van der Waals surface area (Å²) in [6.07, 6.45) is -2.57. The van der Waals surface area contributed by atoms with E-state index in [0.717, 1.165) is 12.3 Å². The molecule has 2 atom stereocenters. The van der Waals surface area contributed by atoms with Crippen molar-refractivity contribution in [3.05, 3.63) is 58.9 Å². The Labute approximate surface area is 154 Å². The molecule has 0 saturated carbocycles. The smallest absolute Gasteiger partial charge is 0.262 e. The monoisotopic (exact) mass is 402 g/mol. The van der Waals surface area contributed by atoms with Crippen molar-refractivity contribution in [1.82, 2.24) is 9.29 Å². The van der Waals surface area contributed by atoms with Gasteiger partial charge in [0.25, 0.3) is 0 Å². The number of halogens is 4. The molecular weight excluding hydrogens is 389 g/mol. The molecule has 10 heteroatoms. The SMILES string of the molecule is CCN([C@H](c1ccc(Cl)cc1)C(F)(F)F)S(=N)(=O)c1cncc(C#N)c1. The van der Waals surface area contributed by atoms with Crippen LogP contribution in [0.1, 0.15) is 24.1 Å². The van der Waals surface area contributed by atoms with Gasteiger partial charge in [0, 0.05) is 24.0 Å². The average Bonchev–Trinajstić information content (AvgIpc) is 2.59. The Morgan fingerprint density at radius 1 is 1.35 bits per heavy atom. The Bertz CT molecular complexity index is 924. The lowest BCUT2D eigenvalue weighted by atomic mass is 10.1. The summed E-state index contributed by atoms with van der Waals surface area (Å²) in [5.74, 6) is 0. The molecule has 0 aliphatic heterocycles. The van der Waals surface area contributed by atoms with Gasteiger partial charge >= 0.3 is 6.18 Å². The van der Waals surface area contributed by atoms with Gasteiger partial charge in [0.1, 0.15) is 22.0 Å². The van der Waals surface area contributed by atoms with Gasteiger partial charge in [0.15, 0.2) is 0 Å². The van der Waals surface area contributed by atoms with Gasteiger partial charge in [-0.15, -0.1) is 0 Å². The van der Waals surface area contributed by atoms with Crippen molar-refractivity contribution in [1.29, 1.82) is 10.0 Å². The molecule has 0 bridgehead atoms. The summed E-state index contributed by atoms with van der Waals surface area (Å²) in [5, 5.41) is 9.18. The minimum atomic E-state index is -4.78. The number of hydrogen-bond donors (Lipinski definition) is 1. The molecule has 2 rings (SSSR count). The van der Waals surface area contributed by atoms with Crippen LogP contribution in [0.25, 0.3) is 0 Å². The first kappa shape index (κ1) is 20.2. The van der Waals surface area contributed by atoms with E-state index in [2.05, 4.69) is 4.98 Å². The molecule has 0 aliphatic rings. The molecule has 0 saturated heterocycles. The Morgan fingerprint density at radius 2 is 1.96 bits per heavy atom. The van der Waals surface area contributed by atoms with Gasteiger partial charge in [0.2, 0.25) is 0 Å². The van der Waals surface area contributed by atoms with E-state index in [9.17, 15) is 17.4 Å². The van der Waals surface area contributed by atoms with Crippen LogP contribution < -0.4 is 0 Å². The van der Waals surface area contributed by atoms with E-state index >= 15 is 0 Å². The molecule has 1 unspecified atom stereocenters. The van der Waals surface area contributed by atoms with Crippen molar-refractivity contribution >= 4 is 21.5 Å². The van der Waals surface area contributed by atoms with E-state index in [4.69, 9.17) is 21.6 Å². The van der Waals surface area contributed by atoms with Crippen LogP contribution in [-0.4, -0.2) is 26.2 Å². The van der Waals surface area contributed by atoms with Crippen molar-refractivity contribution in [2.24, 2.45) is 0 Å². The lowest BCUT2D eigenvalue weighted by molar-refractivity contribution is -0.173.